The van der Waals surface area contributed by atoms with E-state index in [1.165, 1.54) is 0 Å². The number of rotatable bonds is 4. The van der Waals surface area contributed by atoms with E-state index in [2.05, 4.69) is 5.10 Å². The quantitative estimate of drug-likeness (QED) is 0.915. The van der Waals surface area contributed by atoms with Crippen LogP contribution in [0.2, 0.25) is 5.15 Å². The van der Waals surface area contributed by atoms with Crippen molar-refractivity contribution >= 4 is 17.6 Å². The fourth-order valence-corrected chi connectivity index (χ4v) is 1.58. The lowest BCUT2D eigenvalue weighted by atomic mass is 10.2. The van der Waals surface area contributed by atoms with Gasteiger partial charge in [0.15, 0.2) is 5.69 Å². The molecule has 0 amide bonds. The second kappa shape index (κ2) is 4.95. The van der Waals surface area contributed by atoms with Gasteiger partial charge in [-0.05, 0) is 6.42 Å². The van der Waals surface area contributed by atoms with Crippen LogP contribution in [-0.2, 0) is 12.7 Å². The Morgan fingerprint density at radius 2 is 2.12 bits per heavy atom. The first-order chi connectivity index (χ1) is 7.79. The topological polar surface area (TPSA) is 55.1 Å². The molecule has 0 atom stereocenters. The van der Waals surface area contributed by atoms with Crippen LogP contribution in [0.15, 0.2) is 0 Å². The summed E-state index contributed by atoms with van der Waals surface area (Å²) in [6.07, 6.45) is -3.52. The zero-order valence-electron chi connectivity index (χ0n) is 8.88. The number of hydrogen-bond donors (Lipinski definition) is 1. The van der Waals surface area contributed by atoms with Crippen LogP contribution >= 0.6 is 11.6 Å². The van der Waals surface area contributed by atoms with Crippen LogP contribution in [0, 0.1) is 0 Å². The molecule has 0 radical (unpaired) electrons. The second-order valence-electron chi connectivity index (χ2n) is 3.39. The molecule has 0 aromatic carbocycles. The molecule has 4 nitrogen and oxygen atoms in total. The summed E-state index contributed by atoms with van der Waals surface area (Å²) in [6, 6.07) is 0. The van der Waals surface area contributed by atoms with Gasteiger partial charge < -0.3 is 5.11 Å². The number of hydrogen-bond acceptors (Lipinski definition) is 2. The number of nitrogens with zero attached hydrogens (tertiary/aromatic N) is 2. The SMILES string of the molecule is CCCCn1nc(C(F)(F)F)c(C(=O)O)c1Cl. The van der Waals surface area contributed by atoms with Gasteiger partial charge in [0.25, 0.3) is 0 Å². The molecule has 96 valence electrons. The summed E-state index contributed by atoms with van der Waals surface area (Å²) in [5.41, 5.74) is -2.44. The minimum Gasteiger partial charge on any atom is -0.478 e. The monoisotopic (exact) mass is 270 g/mol. The van der Waals surface area contributed by atoms with Gasteiger partial charge >= 0.3 is 12.1 Å². The molecule has 8 heteroatoms. The molecule has 1 aromatic heterocycles. The highest BCUT2D eigenvalue weighted by atomic mass is 35.5. The average molecular weight is 271 g/mol. The van der Waals surface area contributed by atoms with Crippen molar-refractivity contribution in [1.29, 1.82) is 0 Å². The van der Waals surface area contributed by atoms with Gasteiger partial charge in [-0.2, -0.15) is 18.3 Å². The Morgan fingerprint density at radius 1 is 1.53 bits per heavy atom. The first kappa shape index (κ1) is 13.8. The van der Waals surface area contributed by atoms with E-state index >= 15 is 0 Å². The minimum atomic E-state index is -4.82. The number of unbranched alkanes of at least 4 members (excludes halogenated alkanes) is 1. The van der Waals surface area contributed by atoms with E-state index in [0.29, 0.717) is 6.42 Å². The first-order valence-electron chi connectivity index (χ1n) is 4.85. The molecule has 0 fully saturated rings. The largest absolute Gasteiger partial charge is 0.478 e. The highest BCUT2D eigenvalue weighted by Crippen LogP contribution is 2.34. The lowest BCUT2D eigenvalue weighted by Crippen LogP contribution is -2.12. The van der Waals surface area contributed by atoms with E-state index in [4.69, 9.17) is 16.7 Å². The maximum absolute atomic E-state index is 12.5. The maximum atomic E-state index is 12.5. The van der Waals surface area contributed by atoms with Crippen LogP contribution in [-0.4, -0.2) is 20.9 Å². The van der Waals surface area contributed by atoms with Gasteiger partial charge in [0.1, 0.15) is 10.7 Å². The fraction of sp³-hybridized carbons (Fsp3) is 0.556. The number of alkyl halides is 3. The van der Waals surface area contributed by atoms with Crippen molar-refractivity contribution in [3.05, 3.63) is 16.4 Å². The van der Waals surface area contributed by atoms with E-state index in [9.17, 15) is 18.0 Å². The van der Waals surface area contributed by atoms with Crippen LogP contribution < -0.4 is 0 Å². The van der Waals surface area contributed by atoms with Crippen molar-refractivity contribution in [1.82, 2.24) is 9.78 Å². The molecule has 0 spiro atoms. The normalized spacial score (nSPS) is 11.8. The van der Waals surface area contributed by atoms with E-state index in [1.807, 2.05) is 6.92 Å². The van der Waals surface area contributed by atoms with Crippen molar-refractivity contribution in [3.8, 4) is 0 Å². The number of halogens is 4. The average Bonchev–Trinajstić information content (AvgIpc) is 2.52. The number of carbonyl (C=O) groups is 1. The number of aromatic nitrogens is 2. The van der Waals surface area contributed by atoms with Gasteiger partial charge in [-0.25, -0.2) is 4.79 Å². The maximum Gasteiger partial charge on any atom is 0.436 e. The summed E-state index contributed by atoms with van der Waals surface area (Å²) >= 11 is 5.59. The number of aryl methyl sites for hydroxylation is 1. The van der Waals surface area contributed by atoms with Crippen molar-refractivity contribution < 1.29 is 23.1 Å². The lowest BCUT2D eigenvalue weighted by Gasteiger charge is -2.02. The molecule has 1 N–H and O–H groups in total. The third kappa shape index (κ3) is 2.91. The number of carboxylic acids is 1. The van der Waals surface area contributed by atoms with Gasteiger partial charge in [-0.15, -0.1) is 0 Å². The minimum absolute atomic E-state index is 0.158. The Hall–Kier alpha value is -1.24. The third-order valence-electron chi connectivity index (χ3n) is 2.10. The molecule has 17 heavy (non-hydrogen) atoms. The van der Waals surface area contributed by atoms with E-state index in [0.717, 1.165) is 11.1 Å². The van der Waals surface area contributed by atoms with Gasteiger partial charge in [-0.1, -0.05) is 24.9 Å². The Labute approximate surface area is 100.0 Å². The lowest BCUT2D eigenvalue weighted by molar-refractivity contribution is -0.142. The fourth-order valence-electron chi connectivity index (χ4n) is 1.29. The van der Waals surface area contributed by atoms with Gasteiger partial charge in [-0.3, -0.25) is 4.68 Å². The summed E-state index contributed by atoms with van der Waals surface area (Å²) in [5.74, 6) is -1.73. The zero-order valence-corrected chi connectivity index (χ0v) is 9.64. The Morgan fingerprint density at radius 3 is 2.47 bits per heavy atom. The second-order valence-corrected chi connectivity index (χ2v) is 3.75. The molecule has 0 bridgehead atoms. The highest BCUT2D eigenvalue weighted by Gasteiger charge is 2.41. The Balaban J connectivity index is 3.25. The number of carboxylic acid groups (broad SMARTS) is 1. The van der Waals surface area contributed by atoms with Crippen LogP contribution in [0.5, 0.6) is 0 Å². The van der Waals surface area contributed by atoms with Gasteiger partial charge in [0.2, 0.25) is 0 Å². The standard InChI is InChI=1S/C9H10ClF3N2O2/c1-2-3-4-15-7(10)5(8(16)17)6(14-15)9(11,12)13/h2-4H2,1H3,(H,16,17). The molecule has 0 aliphatic heterocycles. The molecule has 0 aliphatic carbocycles. The van der Waals surface area contributed by atoms with Crippen LogP contribution in [0.4, 0.5) is 13.2 Å². The summed E-state index contributed by atoms with van der Waals surface area (Å²) in [4.78, 5) is 10.7. The molecule has 0 aliphatic rings. The van der Waals surface area contributed by atoms with Crippen molar-refractivity contribution in [2.75, 3.05) is 0 Å². The van der Waals surface area contributed by atoms with Gasteiger partial charge in [0, 0.05) is 6.54 Å². The van der Waals surface area contributed by atoms with Gasteiger partial charge in [0.05, 0.1) is 0 Å². The zero-order chi connectivity index (χ0) is 13.2. The molecular weight excluding hydrogens is 261 g/mol. The smallest absolute Gasteiger partial charge is 0.436 e. The Kier molecular flexibility index (Phi) is 4.03. The van der Waals surface area contributed by atoms with E-state index < -0.39 is 28.6 Å². The van der Waals surface area contributed by atoms with E-state index in [-0.39, 0.29) is 6.54 Å². The third-order valence-corrected chi connectivity index (χ3v) is 2.48. The van der Waals surface area contributed by atoms with E-state index in [1.54, 1.807) is 0 Å². The number of aromatic carboxylic acids is 1. The predicted octanol–water partition coefficient (Wildman–Crippen LogP) is 3.05. The summed E-state index contributed by atoms with van der Waals surface area (Å²) in [7, 11) is 0. The van der Waals surface area contributed by atoms with Crippen molar-refractivity contribution in [2.24, 2.45) is 0 Å². The predicted molar refractivity (Wildman–Crippen MR) is 54.1 cm³/mol. The molecule has 0 unspecified atom stereocenters. The first-order valence-corrected chi connectivity index (χ1v) is 5.23. The summed E-state index contributed by atoms with van der Waals surface area (Å²) < 4.78 is 38.5. The molecule has 0 saturated carbocycles. The van der Waals surface area contributed by atoms with Crippen LogP contribution in [0.25, 0.3) is 0 Å². The van der Waals surface area contributed by atoms with Crippen LogP contribution in [0.3, 0.4) is 0 Å². The molecule has 1 heterocycles. The highest BCUT2D eigenvalue weighted by molar-refractivity contribution is 6.32. The van der Waals surface area contributed by atoms with Crippen LogP contribution in [0.1, 0.15) is 35.8 Å². The van der Waals surface area contributed by atoms with Crippen molar-refractivity contribution in [2.45, 2.75) is 32.5 Å². The molecule has 1 rings (SSSR count). The molecular formula is C9H10ClF3N2O2. The summed E-state index contributed by atoms with van der Waals surface area (Å²) in [6.45, 7) is 2.01. The molecule has 0 saturated heterocycles. The summed E-state index contributed by atoms with van der Waals surface area (Å²) in [5, 5.41) is 11.4. The van der Waals surface area contributed by atoms with Crippen molar-refractivity contribution in [3.63, 3.8) is 0 Å². The molecule has 1 aromatic rings. The Bertz CT molecular complexity index is 429.